The van der Waals surface area contributed by atoms with Crippen LogP contribution >= 0.6 is 0 Å². The number of hydrogen-bond acceptors (Lipinski definition) is 23. The number of hydrogen-bond donors (Lipinski definition) is 27. The molecule has 0 bridgehead atoms. The number of carbonyl (C=O) groups is 15. The van der Waals surface area contributed by atoms with Crippen LogP contribution in [0.4, 0.5) is 15.3 Å². The number of primary amides is 2. The number of alkyl carbamates (subject to hydrolysis) is 1. The predicted octanol–water partition coefficient (Wildman–Crippen LogP) is -0.361. The quantitative estimate of drug-likeness (QED) is 0.00590. The Bertz CT molecular complexity index is 5050. The van der Waals surface area contributed by atoms with Crippen LogP contribution < -0.4 is 125 Å². The number of urea groups is 1. The topological polar surface area (TPSA) is 789 Å². The van der Waals surface area contributed by atoms with E-state index in [2.05, 4.69) is 100 Å². The average molecular weight is 1960 g/mol. The number of unbranched alkanes of at least 4 members (excludes halogenated alkanes) is 2. The number of fused-ring (bicyclic) bond motifs is 1. The fraction of sp³-hybridized carbons (Fsp3) is 0.495. The van der Waals surface area contributed by atoms with Crippen LogP contribution in [0.1, 0.15) is 152 Å². The lowest BCUT2D eigenvalue weighted by molar-refractivity contribution is -0.137. The standard InChI is InChI=1S/C93H136N30O18/c1-56(2)77(88(136)117-66(30-18-44-109-92(103)137)79(127)111-63-36-33-59(34-37-63)55-141-93(138)121-64(78(96)126)25-13-14-45-110-123-104)122-76(125)40-47-139-49-50-140-48-46-105-75(124)39-38-70-84(132)118-71(52-57-19-5-3-6-20-57)86(134)119-72(53-58-21-7-4-8-22-58)87(135)120-73(54-60-32-35-61-23-9-10-24-62(61)51-60)85(133)115-69(29-17-43-108-91(101)102)82(130)112-65(26-11-12-31-74(94)95)80(128)113-67(27-15-41-106-89(97)98)81(129)114-68(83(131)116-70)28-16-42-107-90(99)100/h3-10,19-24,32-37,51,56,64-73,77H,11-18,25-31,38-50,52-55H2,1-2H3,(H3,94,95)(H2,96,126)(H,105,124)(H,111,127)(H,112,130)(H,113,128)(H,114,129)(H,115,133)(H,116,131)(H,117,136)(H,118,132)(H,119,134)(H,120,135)(H,121,138)(H,122,125)(H4,97,98,106)(H4,99,100,107)(H4,101,102,108)(H3,103,109,137)/t64-,65+,66-,67-,68+,69-,70-,71-,72+,73-,77-/m0/s1. The molecule has 0 unspecified atom stereocenters. The zero-order valence-corrected chi connectivity index (χ0v) is 79.3. The monoisotopic (exact) mass is 1960 g/mol. The number of ether oxygens (including phenoxy) is 3. The van der Waals surface area contributed by atoms with Gasteiger partial charge in [0.25, 0.3) is 0 Å². The van der Waals surface area contributed by atoms with E-state index in [4.69, 9.17) is 75.8 Å². The maximum Gasteiger partial charge on any atom is 0.408 e. The molecule has 766 valence electrons. The van der Waals surface area contributed by atoms with Gasteiger partial charge in [0.15, 0.2) is 17.9 Å². The highest BCUT2D eigenvalue weighted by molar-refractivity contribution is 6.01. The lowest BCUT2D eigenvalue weighted by atomic mass is 9.99. The minimum absolute atomic E-state index is 0.00571. The molecule has 16 amide bonds. The average Bonchev–Trinajstić information content (AvgIpc) is 0.822. The van der Waals surface area contributed by atoms with Crippen molar-refractivity contribution in [2.45, 2.75) is 222 Å². The van der Waals surface area contributed by atoms with Gasteiger partial charge in [-0.25, -0.2) is 9.59 Å². The van der Waals surface area contributed by atoms with E-state index in [0.717, 1.165) is 10.8 Å². The minimum atomic E-state index is -1.72. The van der Waals surface area contributed by atoms with Crippen LogP contribution in [0, 0.1) is 27.6 Å². The second-order valence-corrected chi connectivity index (χ2v) is 33.9. The van der Waals surface area contributed by atoms with E-state index in [-0.39, 0.29) is 193 Å². The molecule has 6 rings (SSSR count). The minimum Gasteiger partial charge on any atom is -0.445 e. The van der Waals surface area contributed by atoms with Gasteiger partial charge in [0.05, 0.1) is 32.3 Å². The fourth-order valence-corrected chi connectivity index (χ4v) is 14.8. The largest absolute Gasteiger partial charge is 0.445 e. The molecule has 1 aliphatic rings. The van der Waals surface area contributed by atoms with Gasteiger partial charge in [-0.05, 0) is 140 Å². The molecular weight excluding hydrogens is 1830 g/mol. The third-order valence-electron chi connectivity index (χ3n) is 22.3. The highest BCUT2D eigenvalue weighted by atomic mass is 16.5. The van der Waals surface area contributed by atoms with E-state index in [9.17, 15) is 33.6 Å². The Balaban J connectivity index is 1.22. The maximum absolute atomic E-state index is 15.5. The van der Waals surface area contributed by atoms with Crippen LogP contribution in [0.25, 0.3) is 21.2 Å². The number of nitrogens with zero attached hydrogens (tertiary/aromatic N) is 3. The van der Waals surface area contributed by atoms with Crippen molar-refractivity contribution in [1.82, 2.24) is 85.1 Å². The molecule has 141 heavy (non-hydrogen) atoms. The van der Waals surface area contributed by atoms with Gasteiger partial charge in [-0.15, -0.1) is 0 Å². The van der Waals surface area contributed by atoms with Gasteiger partial charge < -0.3 is 139 Å². The Morgan fingerprint density at radius 2 is 0.844 bits per heavy atom. The molecule has 33 N–H and O–H groups in total. The van der Waals surface area contributed by atoms with Crippen molar-refractivity contribution in [3.63, 3.8) is 0 Å². The van der Waals surface area contributed by atoms with Crippen LogP contribution in [0.3, 0.4) is 0 Å². The predicted molar refractivity (Wildman–Crippen MR) is 524 cm³/mol. The molecule has 1 aliphatic heterocycles. The van der Waals surface area contributed by atoms with Crippen LogP contribution in [-0.4, -0.2) is 245 Å². The second kappa shape index (κ2) is 63.1. The molecule has 0 aromatic heterocycles. The summed E-state index contributed by atoms with van der Waals surface area (Å²) in [6.45, 7) is 2.96. The molecule has 0 radical (unpaired) electrons. The first-order valence-corrected chi connectivity index (χ1v) is 46.8. The number of nitrogens with two attached hydrogens (primary N) is 6. The molecule has 0 aliphatic carbocycles. The highest BCUT2D eigenvalue weighted by Gasteiger charge is 2.38. The Morgan fingerprint density at radius 1 is 0.404 bits per heavy atom. The first-order valence-electron chi connectivity index (χ1n) is 46.8. The normalized spacial score (nSPS) is 17.9. The fourth-order valence-electron chi connectivity index (χ4n) is 14.8. The number of benzene rings is 5. The van der Waals surface area contributed by atoms with E-state index in [1.165, 1.54) is 12.1 Å². The van der Waals surface area contributed by atoms with Crippen LogP contribution in [0.5, 0.6) is 0 Å². The van der Waals surface area contributed by atoms with Crippen molar-refractivity contribution in [3.05, 3.63) is 160 Å². The molecule has 11 atom stereocenters. The summed E-state index contributed by atoms with van der Waals surface area (Å²) in [4.78, 5) is 216. The summed E-state index contributed by atoms with van der Waals surface area (Å²) in [6, 6.07) is 19.3. The summed E-state index contributed by atoms with van der Waals surface area (Å²) >= 11 is 0. The van der Waals surface area contributed by atoms with E-state index in [1.54, 1.807) is 92.7 Å². The molecule has 5 aromatic rings. The van der Waals surface area contributed by atoms with E-state index >= 15 is 38.4 Å². The highest BCUT2D eigenvalue weighted by Crippen LogP contribution is 2.21. The summed E-state index contributed by atoms with van der Waals surface area (Å²) in [7, 11) is 0. The van der Waals surface area contributed by atoms with E-state index in [0.29, 0.717) is 35.1 Å². The summed E-state index contributed by atoms with van der Waals surface area (Å²) in [5.41, 5.74) is 44.2. The van der Waals surface area contributed by atoms with Gasteiger partial charge in [0, 0.05) is 88.4 Å². The van der Waals surface area contributed by atoms with Gasteiger partial charge >= 0.3 is 12.1 Å². The number of nitrogens with one attached hydrogen (secondary N) is 21. The first-order chi connectivity index (χ1) is 67.5. The summed E-state index contributed by atoms with van der Waals surface area (Å²) in [6.07, 6.45) is -1.56. The van der Waals surface area contributed by atoms with Gasteiger partial charge in [-0.2, -0.15) is 0 Å². The molecule has 0 spiro atoms. The van der Waals surface area contributed by atoms with Crippen LogP contribution in [0.2, 0.25) is 0 Å². The third-order valence-corrected chi connectivity index (χ3v) is 22.3. The SMILES string of the molecule is CC(C)[C@H](NC(=O)CCOCCOCCNC(=O)CC[C@@H]1NC(=O)[C@@H](CCCNC(=N)N)NC(=O)[C@H](CCCNC(=N)N)NC(=O)[C@@H](CCCCC(=N)N)NC(=O)[C@H](CCCNC(=N)N)NC(=O)[C@H](Cc2ccc3ccccc3c2)NC(=O)[C@@H](Cc2ccccc2)NC(=O)[C@H](Cc2ccccc2)NC1=O)C(=O)N[C@@H](CCCNC(N)=O)C(=O)Nc1ccc(COC(=O)N[C@@H](CCCCN=[N+]=[N-])C(N)=O)cc1. The number of anilines is 1. The Kier molecular flexibility index (Phi) is 51.1. The molecule has 1 heterocycles. The van der Waals surface area contributed by atoms with Gasteiger partial charge in [-0.3, -0.25) is 84.0 Å². The zero-order chi connectivity index (χ0) is 103. The third kappa shape index (κ3) is 45.6. The number of rotatable bonds is 54. The maximum atomic E-state index is 15.5. The number of amidine groups is 1. The van der Waals surface area contributed by atoms with Gasteiger partial charge in [0.1, 0.15) is 73.1 Å². The molecule has 1 saturated heterocycles. The molecule has 1 fully saturated rings. The molecular formula is C93H136N30O18. The summed E-state index contributed by atoms with van der Waals surface area (Å²) in [5.74, 6) is -12.8. The summed E-state index contributed by atoms with van der Waals surface area (Å²) < 4.78 is 16.7. The molecule has 48 heteroatoms. The first kappa shape index (κ1) is 114. The Hall–Kier alpha value is -15.5. The lowest BCUT2D eigenvalue weighted by Crippen LogP contribution is -2.62. The number of azide groups is 1. The van der Waals surface area contributed by atoms with Crippen molar-refractivity contribution in [3.8, 4) is 0 Å². The summed E-state index contributed by atoms with van der Waals surface area (Å²) in [5, 5.41) is 82.3. The molecule has 5 aromatic carbocycles. The molecule has 0 saturated carbocycles. The number of carbonyl (C=O) groups excluding carboxylic acids is 15. The van der Waals surface area contributed by atoms with E-state index < -0.39 is 192 Å². The van der Waals surface area contributed by atoms with Crippen molar-refractivity contribution >= 4 is 129 Å². The van der Waals surface area contributed by atoms with Crippen molar-refractivity contribution in [2.75, 3.05) is 71.0 Å². The Morgan fingerprint density at radius 3 is 1.32 bits per heavy atom. The number of guanidine groups is 3. The number of amides is 16. The van der Waals surface area contributed by atoms with E-state index in [1.807, 2.05) is 36.4 Å². The van der Waals surface area contributed by atoms with Crippen molar-refractivity contribution in [1.29, 1.82) is 21.6 Å². The van der Waals surface area contributed by atoms with Gasteiger partial charge in [-0.1, -0.05) is 147 Å². The smallest absolute Gasteiger partial charge is 0.408 e. The van der Waals surface area contributed by atoms with Crippen LogP contribution in [0.15, 0.2) is 133 Å². The second-order valence-electron chi connectivity index (χ2n) is 33.9. The van der Waals surface area contributed by atoms with Gasteiger partial charge in [0.2, 0.25) is 76.8 Å². The zero-order valence-electron chi connectivity index (χ0n) is 79.3. The van der Waals surface area contributed by atoms with Crippen molar-refractivity contribution in [2.24, 2.45) is 45.4 Å². The van der Waals surface area contributed by atoms with Crippen LogP contribution in [-0.2, 0) is 102 Å². The van der Waals surface area contributed by atoms with Crippen molar-refractivity contribution < 1.29 is 86.1 Å². The Labute approximate surface area is 816 Å². The lowest BCUT2D eigenvalue weighted by Gasteiger charge is -2.29. The molecule has 48 nitrogen and oxygen atoms in total.